The quantitative estimate of drug-likeness (QED) is 0.643. The van der Waals surface area contributed by atoms with Crippen molar-refractivity contribution in [2.24, 2.45) is 5.92 Å². The zero-order chi connectivity index (χ0) is 20.0. The summed E-state index contributed by atoms with van der Waals surface area (Å²) in [6.07, 6.45) is 5.13. The van der Waals surface area contributed by atoms with Crippen molar-refractivity contribution in [3.8, 4) is 0 Å². The monoisotopic (exact) mass is 417 g/mol. The molecule has 8 heteroatoms. The molecule has 1 aliphatic carbocycles. The average molecular weight is 418 g/mol. The van der Waals surface area contributed by atoms with E-state index in [2.05, 4.69) is 15.4 Å². The van der Waals surface area contributed by atoms with Crippen molar-refractivity contribution in [3.63, 3.8) is 0 Å². The molecule has 1 amide bonds. The van der Waals surface area contributed by atoms with Gasteiger partial charge < -0.3 is 10.6 Å². The van der Waals surface area contributed by atoms with Gasteiger partial charge in [-0.1, -0.05) is 37.5 Å². The normalized spacial score (nSPS) is 14.9. The van der Waals surface area contributed by atoms with Crippen LogP contribution in [0.5, 0.6) is 0 Å². The summed E-state index contributed by atoms with van der Waals surface area (Å²) in [7, 11) is -3.67. The Bertz CT molecular complexity index is 923. The highest BCUT2D eigenvalue weighted by atomic mass is 32.2. The number of benzene rings is 2. The van der Waals surface area contributed by atoms with Crippen molar-refractivity contribution in [2.45, 2.75) is 37.0 Å². The Morgan fingerprint density at radius 1 is 0.893 bits per heavy atom. The second-order valence-electron chi connectivity index (χ2n) is 6.77. The second kappa shape index (κ2) is 9.16. The summed E-state index contributed by atoms with van der Waals surface area (Å²) in [5.41, 5.74) is 1.10. The van der Waals surface area contributed by atoms with Crippen LogP contribution in [0.4, 0.5) is 11.4 Å². The summed E-state index contributed by atoms with van der Waals surface area (Å²) < 4.78 is 27.4. The van der Waals surface area contributed by atoms with E-state index in [0.29, 0.717) is 11.4 Å². The second-order valence-corrected chi connectivity index (χ2v) is 8.86. The Labute approximate surface area is 170 Å². The number of rotatable bonds is 5. The number of anilines is 2. The van der Waals surface area contributed by atoms with Gasteiger partial charge >= 0.3 is 0 Å². The van der Waals surface area contributed by atoms with Gasteiger partial charge in [-0.15, -0.1) is 0 Å². The van der Waals surface area contributed by atoms with Gasteiger partial charge in [-0.25, -0.2) is 8.42 Å². The van der Waals surface area contributed by atoms with Crippen molar-refractivity contribution in [1.29, 1.82) is 0 Å². The molecule has 0 aliphatic heterocycles. The maximum Gasteiger partial charge on any atom is 0.261 e. The maximum absolute atomic E-state index is 12.4. The first-order chi connectivity index (χ1) is 13.4. The van der Waals surface area contributed by atoms with Crippen molar-refractivity contribution in [3.05, 3.63) is 54.6 Å². The topological polar surface area (TPSA) is 87.3 Å². The lowest BCUT2D eigenvalue weighted by Gasteiger charge is -2.21. The van der Waals surface area contributed by atoms with E-state index in [1.54, 1.807) is 36.4 Å². The summed E-state index contributed by atoms with van der Waals surface area (Å²) in [5, 5.41) is 5.87. The summed E-state index contributed by atoms with van der Waals surface area (Å²) in [6.45, 7) is 0. The van der Waals surface area contributed by atoms with E-state index < -0.39 is 10.0 Å². The van der Waals surface area contributed by atoms with Gasteiger partial charge in [0.1, 0.15) is 0 Å². The van der Waals surface area contributed by atoms with Gasteiger partial charge in [-0.3, -0.25) is 9.52 Å². The molecule has 1 saturated carbocycles. The lowest BCUT2D eigenvalue weighted by atomic mass is 9.89. The number of hydrogen-bond donors (Lipinski definition) is 3. The van der Waals surface area contributed by atoms with Gasteiger partial charge in [0, 0.05) is 17.3 Å². The smallest absolute Gasteiger partial charge is 0.261 e. The highest BCUT2D eigenvalue weighted by Crippen LogP contribution is 2.23. The number of carbonyl (C=O) groups is 1. The Morgan fingerprint density at radius 2 is 1.54 bits per heavy atom. The Hall–Kier alpha value is -2.45. The number of thiocarbonyl (C=S) groups is 1. The molecule has 6 nitrogen and oxygen atoms in total. The van der Waals surface area contributed by atoms with E-state index in [0.717, 1.165) is 25.7 Å². The molecule has 0 spiro atoms. The van der Waals surface area contributed by atoms with E-state index in [-0.39, 0.29) is 21.8 Å². The minimum atomic E-state index is -3.67. The van der Waals surface area contributed by atoms with Crippen molar-refractivity contribution >= 4 is 44.6 Å². The fourth-order valence-corrected chi connectivity index (χ4v) is 4.46. The molecular formula is C20H23N3O3S2. The van der Waals surface area contributed by atoms with Crippen LogP contribution in [0.15, 0.2) is 59.5 Å². The largest absolute Gasteiger partial charge is 0.332 e. The van der Waals surface area contributed by atoms with Crippen LogP contribution in [-0.2, 0) is 14.8 Å². The Morgan fingerprint density at radius 3 is 2.18 bits per heavy atom. The minimum Gasteiger partial charge on any atom is -0.332 e. The van der Waals surface area contributed by atoms with Crippen LogP contribution >= 0.6 is 12.2 Å². The molecule has 148 valence electrons. The molecule has 3 rings (SSSR count). The van der Waals surface area contributed by atoms with E-state index in [1.165, 1.54) is 18.6 Å². The van der Waals surface area contributed by atoms with Gasteiger partial charge in [-0.05, 0) is 61.5 Å². The molecule has 1 aliphatic rings. The van der Waals surface area contributed by atoms with Crippen LogP contribution in [0.3, 0.4) is 0 Å². The number of carbonyl (C=O) groups excluding carboxylic acids is 1. The highest BCUT2D eigenvalue weighted by molar-refractivity contribution is 7.92. The molecule has 0 bridgehead atoms. The Kier molecular flexibility index (Phi) is 6.64. The predicted octanol–water partition coefficient (Wildman–Crippen LogP) is 3.88. The van der Waals surface area contributed by atoms with Gasteiger partial charge in [0.15, 0.2) is 5.11 Å². The SMILES string of the molecule is O=C(NC(=S)Nc1ccc(S(=O)(=O)Nc2ccccc2)cc1)C1CCCCC1. The van der Waals surface area contributed by atoms with Crippen LogP contribution in [0.2, 0.25) is 0 Å². The van der Waals surface area contributed by atoms with Gasteiger partial charge in [0.25, 0.3) is 10.0 Å². The molecule has 28 heavy (non-hydrogen) atoms. The Balaban J connectivity index is 1.57. The lowest BCUT2D eigenvalue weighted by molar-refractivity contribution is -0.124. The van der Waals surface area contributed by atoms with Gasteiger partial charge in [0.2, 0.25) is 5.91 Å². The average Bonchev–Trinajstić information content (AvgIpc) is 2.69. The molecule has 0 unspecified atom stereocenters. The summed E-state index contributed by atoms with van der Waals surface area (Å²) >= 11 is 5.20. The summed E-state index contributed by atoms with van der Waals surface area (Å²) in [6, 6.07) is 14.9. The summed E-state index contributed by atoms with van der Waals surface area (Å²) in [4.78, 5) is 12.4. The molecular weight excluding hydrogens is 394 g/mol. The molecule has 0 heterocycles. The van der Waals surface area contributed by atoms with Crippen molar-refractivity contribution in [1.82, 2.24) is 5.32 Å². The predicted molar refractivity (Wildman–Crippen MR) is 115 cm³/mol. The molecule has 0 saturated heterocycles. The third kappa shape index (κ3) is 5.53. The zero-order valence-corrected chi connectivity index (χ0v) is 17.0. The maximum atomic E-state index is 12.4. The molecule has 1 fully saturated rings. The molecule has 0 atom stereocenters. The van der Waals surface area contributed by atoms with E-state index in [1.807, 2.05) is 6.07 Å². The van der Waals surface area contributed by atoms with E-state index >= 15 is 0 Å². The van der Waals surface area contributed by atoms with E-state index in [9.17, 15) is 13.2 Å². The van der Waals surface area contributed by atoms with Crippen molar-refractivity contribution in [2.75, 3.05) is 10.0 Å². The number of amides is 1. The molecule has 0 radical (unpaired) electrons. The third-order valence-electron chi connectivity index (χ3n) is 4.66. The number of sulfonamides is 1. The molecule has 3 N–H and O–H groups in total. The van der Waals surface area contributed by atoms with Gasteiger partial charge in [0.05, 0.1) is 4.90 Å². The molecule has 0 aromatic heterocycles. The third-order valence-corrected chi connectivity index (χ3v) is 6.26. The molecule has 2 aromatic rings. The first kappa shape index (κ1) is 20.3. The number of para-hydroxylation sites is 1. The van der Waals surface area contributed by atoms with Crippen LogP contribution in [0.1, 0.15) is 32.1 Å². The molecule has 2 aromatic carbocycles. The highest BCUT2D eigenvalue weighted by Gasteiger charge is 2.21. The van der Waals surface area contributed by atoms with Crippen molar-refractivity contribution < 1.29 is 13.2 Å². The first-order valence-corrected chi connectivity index (χ1v) is 11.1. The van der Waals surface area contributed by atoms with E-state index in [4.69, 9.17) is 12.2 Å². The van der Waals surface area contributed by atoms with Crippen LogP contribution in [-0.4, -0.2) is 19.4 Å². The first-order valence-electron chi connectivity index (χ1n) is 9.24. The van der Waals surface area contributed by atoms with Gasteiger partial charge in [-0.2, -0.15) is 0 Å². The summed E-state index contributed by atoms with van der Waals surface area (Å²) in [5.74, 6) is -0.0338. The number of hydrogen-bond acceptors (Lipinski definition) is 4. The fourth-order valence-electron chi connectivity index (χ4n) is 3.18. The van der Waals surface area contributed by atoms with Crippen LogP contribution in [0, 0.1) is 5.92 Å². The standard InChI is InChI=1S/C20H23N3O3S2/c24-19(15-7-3-1-4-8-15)22-20(27)21-16-11-13-18(14-12-16)28(25,26)23-17-9-5-2-6-10-17/h2,5-6,9-15,23H,1,3-4,7-8H2,(H2,21,22,24,27). The zero-order valence-electron chi connectivity index (χ0n) is 15.4. The number of nitrogens with one attached hydrogen (secondary N) is 3. The lowest BCUT2D eigenvalue weighted by Crippen LogP contribution is -2.38. The minimum absolute atomic E-state index is 0.0186. The van der Waals surface area contributed by atoms with Crippen LogP contribution < -0.4 is 15.4 Å². The fraction of sp³-hybridized carbons (Fsp3) is 0.300. The van der Waals surface area contributed by atoms with Crippen LogP contribution in [0.25, 0.3) is 0 Å².